The molecule has 2 saturated heterocycles. The Bertz CT molecular complexity index is 336. The van der Waals surface area contributed by atoms with Crippen LogP contribution < -0.4 is 5.32 Å². The normalized spacial score (nSPS) is 34.6. The molecule has 100 valence electrons. The third-order valence-electron chi connectivity index (χ3n) is 3.94. The Hall–Kier alpha value is -0.130. The lowest BCUT2D eigenvalue weighted by molar-refractivity contribution is 0.175. The Morgan fingerprint density at radius 3 is 2.76 bits per heavy atom. The summed E-state index contributed by atoms with van der Waals surface area (Å²) in [6.07, 6.45) is 3.68. The highest BCUT2D eigenvalue weighted by atomic mass is 32.2. The lowest BCUT2D eigenvalue weighted by Gasteiger charge is -2.33. The molecule has 0 aromatic rings. The van der Waals surface area contributed by atoms with Gasteiger partial charge in [-0.1, -0.05) is 13.3 Å². The van der Waals surface area contributed by atoms with Gasteiger partial charge in [0.25, 0.3) is 0 Å². The predicted molar refractivity (Wildman–Crippen MR) is 67.8 cm³/mol. The number of hydrogen-bond donors (Lipinski definition) is 1. The summed E-state index contributed by atoms with van der Waals surface area (Å²) in [6, 6.07) is 0.0906. The molecule has 2 rings (SSSR count). The van der Waals surface area contributed by atoms with Gasteiger partial charge >= 0.3 is 0 Å². The van der Waals surface area contributed by atoms with Crippen LogP contribution in [0.2, 0.25) is 0 Å². The topological polar surface area (TPSA) is 55.4 Å². The molecular weight excluding hydrogens is 238 g/mol. The van der Waals surface area contributed by atoms with E-state index in [1.807, 2.05) is 6.92 Å². The van der Waals surface area contributed by atoms with E-state index in [1.54, 1.807) is 0 Å². The molecule has 0 radical (unpaired) electrons. The van der Waals surface area contributed by atoms with Crippen molar-refractivity contribution in [2.75, 3.05) is 25.5 Å². The molecular formula is C12H23NO3S. The minimum Gasteiger partial charge on any atom is -0.381 e. The molecule has 2 heterocycles. The van der Waals surface area contributed by atoms with Gasteiger partial charge in [-0.2, -0.15) is 0 Å². The minimum atomic E-state index is -2.90. The van der Waals surface area contributed by atoms with Crippen molar-refractivity contribution < 1.29 is 13.2 Å². The number of sulfone groups is 1. The van der Waals surface area contributed by atoms with Gasteiger partial charge in [-0.05, 0) is 25.8 Å². The molecule has 2 aliphatic heterocycles. The second kappa shape index (κ2) is 5.67. The summed E-state index contributed by atoms with van der Waals surface area (Å²) in [5, 5.41) is 3.20. The van der Waals surface area contributed by atoms with Gasteiger partial charge in [-0.15, -0.1) is 0 Å². The fraction of sp³-hybridized carbons (Fsp3) is 1.00. The van der Waals surface area contributed by atoms with Crippen molar-refractivity contribution in [2.45, 2.75) is 43.9 Å². The van der Waals surface area contributed by atoms with Crippen molar-refractivity contribution >= 4 is 9.84 Å². The van der Waals surface area contributed by atoms with Crippen molar-refractivity contribution in [3.8, 4) is 0 Å². The molecule has 0 bridgehead atoms. The smallest absolute Gasteiger partial charge is 0.154 e. The Morgan fingerprint density at radius 1 is 1.35 bits per heavy atom. The summed E-state index contributed by atoms with van der Waals surface area (Å²) >= 11 is 0. The summed E-state index contributed by atoms with van der Waals surface area (Å²) in [4.78, 5) is 0. The van der Waals surface area contributed by atoms with E-state index in [0.29, 0.717) is 18.3 Å². The molecule has 0 aliphatic carbocycles. The van der Waals surface area contributed by atoms with Crippen LogP contribution in [0.25, 0.3) is 0 Å². The largest absolute Gasteiger partial charge is 0.381 e. The molecule has 5 heteroatoms. The average Bonchev–Trinajstić information content (AvgIpc) is 2.79. The third kappa shape index (κ3) is 3.01. The first-order valence-corrected chi connectivity index (χ1v) is 8.39. The van der Waals surface area contributed by atoms with Crippen molar-refractivity contribution in [1.29, 1.82) is 0 Å². The molecule has 0 aromatic heterocycles. The molecule has 0 amide bonds. The first-order valence-electron chi connectivity index (χ1n) is 6.68. The van der Waals surface area contributed by atoms with Crippen LogP contribution in [0.1, 0.15) is 32.6 Å². The van der Waals surface area contributed by atoms with Crippen LogP contribution in [0.5, 0.6) is 0 Å². The number of hydrogen-bond acceptors (Lipinski definition) is 4. The van der Waals surface area contributed by atoms with Gasteiger partial charge in [0.1, 0.15) is 0 Å². The molecule has 4 nitrogen and oxygen atoms in total. The van der Waals surface area contributed by atoms with Crippen molar-refractivity contribution in [3.63, 3.8) is 0 Å². The van der Waals surface area contributed by atoms with E-state index in [1.165, 1.54) is 0 Å². The van der Waals surface area contributed by atoms with E-state index in [-0.39, 0.29) is 11.3 Å². The van der Waals surface area contributed by atoms with Crippen LogP contribution >= 0.6 is 0 Å². The molecule has 0 spiro atoms. The predicted octanol–water partition coefficient (Wildman–Crippen LogP) is 0.968. The highest BCUT2D eigenvalue weighted by Gasteiger charge is 2.40. The van der Waals surface area contributed by atoms with E-state index in [2.05, 4.69) is 5.32 Å². The molecule has 2 aliphatic rings. The van der Waals surface area contributed by atoms with Gasteiger partial charge in [-0.25, -0.2) is 8.42 Å². The molecule has 17 heavy (non-hydrogen) atoms. The van der Waals surface area contributed by atoms with Crippen LogP contribution in [-0.4, -0.2) is 45.2 Å². The SMILES string of the molecule is CCNC(C1CCOC1)C1CCCCS1(=O)=O. The van der Waals surface area contributed by atoms with Crippen molar-refractivity contribution in [3.05, 3.63) is 0 Å². The Balaban J connectivity index is 2.13. The van der Waals surface area contributed by atoms with Crippen LogP contribution in [0.15, 0.2) is 0 Å². The second-order valence-electron chi connectivity index (χ2n) is 5.11. The lowest BCUT2D eigenvalue weighted by Crippen LogP contribution is -2.51. The molecule has 3 atom stereocenters. The molecule has 3 unspecified atom stereocenters. The van der Waals surface area contributed by atoms with E-state index >= 15 is 0 Å². The van der Waals surface area contributed by atoms with Crippen LogP contribution in [0, 0.1) is 5.92 Å². The average molecular weight is 261 g/mol. The first kappa shape index (κ1) is 13.3. The Kier molecular flexibility index (Phi) is 4.44. The standard InChI is InChI=1S/C12H23NO3S/c1-2-13-12(10-6-7-16-9-10)11-5-3-4-8-17(11,14)15/h10-13H,2-9H2,1H3. The highest BCUT2D eigenvalue weighted by molar-refractivity contribution is 7.92. The highest BCUT2D eigenvalue weighted by Crippen LogP contribution is 2.29. The third-order valence-corrected chi connectivity index (χ3v) is 6.25. The molecule has 2 fully saturated rings. The van der Waals surface area contributed by atoms with Gasteiger partial charge in [-0.3, -0.25) is 0 Å². The summed E-state index contributed by atoms with van der Waals surface area (Å²) in [5.41, 5.74) is 0. The van der Waals surface area contributed by atoms with E-state index in [9.17, 15) is 8.42 Å². The fourth-order valence-electron chi connectivity index (χ4n) is 3.06. The van der Waals surface area contributed by atoms with E-state index < -0.39 is 9.84 Å². The quantitative estimate of drug-likeness (QED) is 0.819. The Labute approximate surface area is 104 Å². The molecule has 1 N–H and O–H groups in total. The number of rotatable bonds is 4. The summed E-state index contributed by atoms with van der Waals surface area (Å²) in [7, 11) is -2.90. The number of nitrogens with one attached hydrogen (secondary N) is 1. The zero-order valence-corrected chi connectivity index (χ0v) is 11.3. The van der Waals surface area contributed by atoms with E-state index in [4.69, 9.17) is 4.74 Å². The summed E-state index contributed by atoms with van der Waals surface area (Å²) < 4.78 is 29.8. The van der Waals surface area contributed by atoms with Gasteiger partial charge in [0.05, 0.1) is 17.6 Å². The fourth-order valence-corrected chi connectivity index (χ4v) is 5.26. The zero-order valence-electron chi connectivity index (χ0n) is 10.5. The summed E-state index contributed by atoms with van der Waals surface area (Å²) in [5.74, 6) is 0.737. The maximum atomic E-state index is 12.2. The van der Waals surface area contributed by atoms with Gasteiger partial charge < -0.3 is 10.1 Å². The van der Waals surface area contributed by atoms with Gasteiger partial charge in [0.15, 0.2) is 9.84 Å². The van der Waals surface area contributed by atoms with Crippen LogP contribution in [0.3, 0.4) is 0 Å². The number of ether oxygens (including phenoxy) is 1. The molecule has 0 saturated carbocycles. The lowest BCUT2D eigenvalue weighted by atomic mass is 9.93. The molecule has 0 aromatic carbocycles. The van der Waals surface area contributed by atoms with Crippen molar-refractivity contribution in [2.24, 2.45) is 5.92 Å². The van der Waals surface area contributed by atoms with Crippen LogP contribution in [0.4, 0.5) is 0 Å². The monoisotopic (exact) mass is 261 g/mol. The maximum Gasteiger partial charge on any atom is 0.154 e. The minimum absolute atomic E-state index is 0.0906. The maximum absolute atomic E-state index is 12.2. The zero-order chi connectivity index (χ0) is 12.3. The summed E-state index contributed by atoms with van der Waals surface area (Å²) in [6.45, 7) is 4.36. The second-order valence-corrected chi connectivity index (χ2v) is 7.45. The van der Waals surface area contributed by atoms with Crippen LogP contribution in [-0.2, 0) is 14.6 Å². The van der Waals surface area contributed by atoms with Gasteiger partial charge in [0.2, 0.25) is 0 Å². The van der Waals surface area contributed by atoms with E-state index in [0.717, 1.165) is 38.8 Å². The van der Waals surface area contributed by atoms with Crippen molar-refractivity contribution in [1.82, 2.24) is 5.32 Å². The Morgan fingerprint density at radius 2 is 2.18 bits per heavy atom. The van der Waals surface area contributed by atoms with Gasteiger partial charge in [0, 0.05) is 18.6 Å². The first-order chi connectivity index (χ1) is 8.15.